The van der Waals surface area contributed by atoms with Crippen LogP contribution < -0.4 is 64.6 Å². The van der Waals surface area contributed by atoms with E-state index >= 15 is 0 Å². The Bertz CT molecular complexity index is 3620. The van der Waals surface area contributed by atoms with Crippen molar-refractivity contribution in [3.63, 3.8) is 0 Å². The molecule has 106 heavy (non-hydrogen) atoms. The van der Waals surface area contributed by atoms with Crippen LogP contribution in [0.5, 0.6) is 0 Å². The molecule has 0 aliphatic carbocycles. The molecule has 582 valence electrons. The normalized spacial score (nSPS) is 15.8. The van der Waals surface area contributed by atoms with Crippen LogP contribution in [0, 0.1) is 11.8 Å². The van der Waals surface area contributed by atoms with Crippen LogP contribution in [-0.4, -0.2) is 301 Å². The SMILES string of the molecule is CSCC[C@H](NC(=O)[C@H](CC(C)C)NC(=O)[C@H](Cc1cnc[nH]1)NC(=O)CNC(=O)[C@@H](NC(=O)[C@H](C)NC(=O)[C@H](Cc1c[nH]c2ccccc12)NC(=O)[C@H](Cc1cnc[nH]1)NC(=O)[C@H](CC(N)=O)NC(=O)CNC(=O)CN1CCN(CC(=O)O)CCN(CC(=O)O)CCN(CC(=O)O)CC1)C(C)C)C(N)=O. The molecule has 0 saturated carbocycles. The molecule has 0 spiro atoms. The summed E-state index contributed by atoms with van der Waals surface area (Å²) in [5.41, 5.74) is 13.0. The minimum atomic E-state index is -1.76. The van der Waals surface area contributed by atoms with Crippen molar-refractivity contribution >= 4 is 111 Å². The van der Waals surface area contributed by atoms with Crippen LogP contribution in [0.3, 0.4) is 0 Å². The van der Waals surface area contributed by atoms with Crippen LogP contribution in [0.15, 0.2) is 55.5 Å². The lowest BCUT2D eigenvalue weighted by Crippen LogP contribution is -2.60. The first-order chi connectivity index (χ1) is 50.3. The topological polar surface area (TPSA) is 575 Å². The van der Waals surface area contributed by atoms with Gasteiger partial charge in [-0.25, -0.2) is 9.97 Å². The molecule has 1 saturated heterocycles. The van der Waals surface area contributed by atoms with Gasteiger partial charge in [0.1, 0.15) is 48.3 Å². The molecule has 0 bridgehead atoms. The average Bonchev–Trinajstić information content (AvgIpc) is 1.17. The highest BCUT2D eigenvalue weighted by Gasteiger charge is 2.36. The molecule has 4 aromatic rings. The van der Waals surface area contributed by atoms with Gasteiger partial charge in [-0.15, -0.1) is 0 Å². The van der Waals surface area contributed by atoms with Gasteiger partial charge in [0.05, 0.1) is 58.3 Å². The molecule has 4 heterocycles. The van der Waals surface area contributed by atoms with Crippen molar-refractivity contribution in [1.82, 2.24) is 97.7 Å². The number of primary amides is 2. The van der Waals surface area contributed by atoms with Gasteiger partial charge in [0.15, 0.2) is 0 Å². The average molecular weight is 1510 g/mol. The zero-order chi connectivity index (χ0) is 78.2. The zero-order valence-corrected chi connectivity index (χ0v) is 60.8. The second kappa shape index (κ2) is 43.6. The first kappa shape index (κ1) is 86.1. The van der Waals surface area contributed by atoms with Crippen LogP contribution in [-0.2, 0) is 91.2 Å². The molecular formula is C66H99N21O18S. The lowest BCUT2D eigenvalue weighted by Gasteiger charge is -2.32. The molecule has 3 aromatic heterocycles. The number of hydrogen-bond donors (Lipinski definition) is 18. The van der Waals surface area contributed by atoms with E-state index in [1.54, 1.807) is 63.9 Å². The molecule has 1 aliphatic rings. The van der Waals surface area contributed by atoms with Gasteiger partial charge in [-0.2, -0.15) is 11.8 Å². The predicted octanol–water partition coefficient (Wildman–Crippen LogP) is -5.94. The van der Waals surface area contributed by atoms with Crippen molar-refractivity contribution in [2.75, 3.05) is 104 Å². The fourth-order valence-corrected chi connectivity index (χ4v) is 11.8. The van der Waals surface area contributed by atoms with Crippen molar-refractivity contribution in [3.05, 3.63) is 72.5 Å². The Balaban J connectivity index is 1.27. The van der Waals surface area contributed by atoms with Crippen LogP contribution in [0.2, 0.25) is 0 Å². The number of rotatable bonds is 42. The highest BCUT2D eigenvalue weighted by atomic mass is 32.2. The first-order valence-corrected chi connectivity index (χ1v) is 35.7. The minimum Gasteiger partial charge on any atom is -0.480 e. The zero-order valence-electron chi connectivity index (χ0n) is 60.0. The third-order valence-corrected chi connectivity index (χ3v) is 17.5. The number of para-hydroxylation sites is 1. The maximum absolute atomic E-state index is 14.7. The Morgan fingerprint density at radius 2 is 0.943 bits per heavy atom. The summed E-state index contributed by atoms with van der Waals surface area (Å²) in [5.74, 6) is -14.2. The first-order valence-electron chi connectivity index (χ1n) is 34.3. The Labute approximate surface area is 614 Å². The molecule has 5 rings (SSSR count). The van der Waals surface area contributed by atoms with Crippen LogP contribution in [0.1, 0.15) is 70.8 Å². The third kappa shape index (κ3) is 30.6. The largest absolute Gasteiger partial charge is 0.480 e. The van der Waals surface area contributed by atoms with Gasteiger partial charge in [0, 0.05) is 113 Å². The van der Waals surface area contributed by atoms with Crippen molar-refractivity contribution in [1.29, 1.82) is 0 Å². The highest BCUT2D eigenvalue weighted by molar-refractivity contribution is 7.98. The molecule has 0 unspecified atom stereocenters. The quantitative estimate of drug-likeness (QED) is 0.0196. The summed E-state index contributed by atoms with van der Waals surface area (Å²) in [6.07, 6.45) is 7.74. The molecule has 1 aromatic carbocycles. The molecule has 12 amide bonds. The molecule has 0 radical (unpaired) electrons. The van der Waals surface area contributed by atoms with E-state index in [1.165, 1.54) is 43.7 Å². The number of hydrogen-bond acceptors (Lipinski definition) is 22. The minimum absolute atomic E-state index is 0.0810. The fourth-order valence-electron chi connectivity index (χ4n) is 11.3. The van der Waals surface area contributed by atoms with E-state index in [0.29, 0.717) is 33.6 Å². The number of carboxylic acid groups (broad SMARTS) is 3. The van der Waals surface area contributed by atoms with E-state index in [4.69, 9.17) is 11.5 Å². The lowest BCUT2D eigenvalue weighted by atomic mass is 10.0. The number of thioether (sulfide) groups is 1. The monoisotopic (exact) mass is 1510 g/mol. The van der Waals surface area contributed by atoms with Gasteiger partial charge in [-0.05, 0) is 55.2 Å². The van der Waals surface area contributed by atoms with Gasteiger partial charge in [-0.1, -0.05) is 45.9 Å². The summed E-state index contributed by atoms with van der Waals surface area (Å²) >= 11 is 1.45. The number of carboxylic acids is 3. The smallest absolute Gasteiger partial charge is 0.317 e. The van der Waals surface area contributed by atoms with Crippen molar-refractivity contribution < 1.29 is 87.2 Å². The maximum atomic E-state index is 14.7. The second-order valence-electron chi connectivity index (χ2n) is 26.3. The number of carbonyl (C=O) groups is 15. The van der Waals surface area contributed by atoms with Gasteiger partial charge in [-0.3, -0.25) is 91.5 Å². The molecule has 1 fully saturated rings. The summed E-state index contributed by atoms with van der Waals surface area (Å²) in [5, 5.41) is 54.9. The number of imidazole rings is 2. The third-order valence-electron chi connectivity index (χ3n) is 16.9. The summed E-state index contributed by atoms with van der Waals surface area (Å²) < 4.78 is 0. The van der Waals surface area contributed by atoms with E-state index in [-0.39, 0.29) is 103 Å². The molecular weight excluding hydrogens is 1410 g/mol. The van der Waals surface area contributed by atoms with Crippen LogP contribution >= 0.6 is 11.8 Å². The number of benzene rings is 1. The number of nitrogens with zero attached hydrogens (tertiary/aromatic N) is 6. The van der Waals surface area contributed by atoms with E-state index in [9.17, 15) is 87.2 Å². The number of aromatic nitrogens is 5. The Morgan fingerprint density at radius 3 is 1.42 bits per heavy atom. The Morgan fingerprint density at radius 1 is 0.500 bits per heavy atom. The van der Waals surface area contributed by atoms with Gasteiger partial charge < -0.3 is 94.9 Å². The van der Waals surface area contributed by atoms with E-state index in [0.717, 1.165) is 0 Å². The van der Waals surface area contributed by atoms with Crippen molar-refractivity contribution in [2.24, 2.45) is 23.3 Å². The number of amides is 12. The summed E-state index contributed by atoms with van der Waals surface area (Å²) in [6, 6.07) is -4.10. The van der Waals surface area contributed by atoms with Crippen LogP contribution in [0.4, 0.5) is 0 Å². The van der Waals surface area contributed by atoms with E-state index < -0.39 is 176 Å². The van der Waals surface area contributed by atoms with Crippen LogP contribution in [0.25, 0.3) is 10.9 Å². The Kier molecular flexibility index (Phi) is 35.4. The Hall–Kier alpha value is -10.6. The second-order valence-corrected chi connectivity index (χ2v) is 27.3. The summed E-state index contributed by atoms with van der Waals surface area (Å²) in [4.78, 5) is 223. The van der Waals surface area contributed by atoms with Gasteiger partial charge in [0.2, 0.25) is 70.9 Å². The molecule has 39 nitrogen and oxygen atoms in total. The number of nitrogens with one attached hydrogen (secondary N) is 13. The van der Waals surface area contributed by atoms with Gasteiger partial charge in [0.25, 0.3) is 0 Å². The summed E-state index contributed by atoms with van der Waals surface area (Å²) in [7, 11) is 0. The predicted molar refractivity (Wildman–Crippen MR) is 383 cm³/mol. The molecule has 8 atom stereocenters. The number of aliphatic carboxylic acids is 3. The maximum Gasteiger partial charge on any atom is 0.317 e. The lowest BCUT2D eigenvalue weighted by molar-refractivity contribution is -0.140. The molecule has 20 N–H and O–H groups in total. The highest BCUT2D eigenvalue weighted by Crippen LogP contribution is 2.20. The number of carbonyl (C=O) groups excluding carboxylic acids is 12. The molecule has 40 heteroatoms. The number of fused-ring (bicyclic) bond motifs is 1. The number of aromatic amines is 3. The van der Waals surface area contributed by atoms with Crippen molar-refractivity contribution in [3.8, 4) is 0 Å². The molecule has 1 aliphatic heterocycles. The number of nitrogens with two attached hydrogens (primary N) is 2. The fraction of sp³-hybridized carbons (Fsp3) is 0.561. The van der Waals surface area contributed by atoms with E-state index in [1.807, 2.05) is 20.1 Å². The van der Waals surface area contributed by atoms with Crippen molar-refractivity contribution in [2.45, 2.75) is 121 Å². The van der Waals surface area contributed by atoms with Gasteiger partial charge >= 0.3 is 17.9 Å². The summed E-state index contributed by atoms with van der Waals surface area (Å²) in [6.45, 7) is 5.99. The van der Waals surface area contributed by atoms with E-state index in [2.05, 4.69) is 78.1 Å². The number of H-pyrrole nitrogens is 3. The standard InChI is InChI=1S/C66H99N21O18S/c1-37(2)21-46(62(101)79-45(59(68)98)11-20-106-6)80-63(102)48(23-41-27-69-35-74-41)77-53(90)30-73-66(105)58(38(3)4)83-60(99)39(5)76-61(100)47(22-40-26-71-44-10-8-7-9-43(40)44)81-64(103)49(24-42-28-70-36-75-42)82-65(104)50(25-51(67)88)78-52(89)29-72-54(91)31-84-12-14-85(32-55(92)93)16-18-87(34-57(96)97)19-17-86(15-13-84)33-56(94)95/h7-10,26-28,35-39,45-50,58,71H,11-25,29-34H2,1-6H3,(H2,67,88)(H2,68,98)(H,69,74)(H,70,75)(H,72,91)(H,73,105)(H,76,100)(H,77,90)(H,78,89)(H,79,101)(H,80,102)(H,81,103)(H,82,104)(H,83,99)(H,92,93)(H,94,95)(H,96,97)/t39-,45-,46-,47-,48-,49-,50-,58-/m0/s1.